The van der Waals surface area contributed by atoms with E-state index in [0.717, 1.165) is 55.3 Å². The zero-order valence-corrected chi connectivity index (χ0v) is 17.7. The van der Waals surface area contributed by atoms with Gasteiger partial charge in [0, 0.05) is 40.0 Å². The first-order valence-corrected chi connectivity index (χ1v) is 11.1. The van der Waals surface area contributed by atoms with Crippen molar-refractivity contribution in [2.75, 3.05) is 26.5 Å². The highest BCUT2D eigenvalue weighted by Crippen LogP contribution is 2.31. The van der Waals surface area contributed by atoms with E-state index in [2.05, 4.69) is 17.6 Å². The molecule has 152 valence electrons. The number of aliphatic imine (C=N–C) groups is 1. The van der Waals surface area contributed by atoms with Crippen LogP contribution >= 0.6 is 0 Å². The normalized spacial score (nSPS) is 21.4. The van der Waals surface area contributed by atoms with Crippen molar-refractivity contribution in [1.29, 1.82) is 0 Å². The highest BCUT2D eigenvalue weighted by Gasteiger charge is 2.26. The third kappa shape index (κ3) is 6.13. The summed E-state index contributed by atoms with van der Waals surface area (Å²) in [6.45, 7) is 5.34. The third-order valence-corrected chi connectivity index (χ3v) is 6.60. The maximum absolute atomic E-state index is 12.2. The van der Waals surface area contributed by atoms with E-state index >= 15 is 0 Å². The molecule has 6 nitrogen and oxygen atoms in total. The molecule has 3 unspecified atom stereocenters. The molecule has 0 heterocycles. The Morgan fingerprint density at radius 2 is 2.07 bits per heavy atom. The Bertz CT molecular complexity index is 651. The van der Waals surface area contributed by atoms with Crippen LogP contribution in [0.1, 0.15) is 45.1 Å². The number of nitrogens with one attached hydrogen (secondary N) is 2. The monoisotopic (exact) mass is 395 g/mol. The minimum atomic E-state index is -0.725. The molecule has 0 bridgehead atoms. The summed E-state index contributed by atoms with van der Waals surface area (Å²) in [5.41, 5.74) is 0.975. The first-order chi connectivity index (χ1) is 13.1. The van der Waals surface area contributed by atoms with Crippen LogP contribution in [0.4, 0.5) is 0 Å². The molecule has 1 aromatic rings. The van der Waals surface area contributed by atoms with Crippen LogP contribution in [0.3, 0.4) is 0 Å². The van der Waals surface area contributed by atoms with E-state index in [4.69, 9.17) is 14.5 Å². The van der Waals surface area contributed by atoms with E-state index < -0.39 is 10.8 Å². The molecule has 0 spiro atoms. The van der Waals surface area contributed by atoms with Gasteiger partial charge in [-0.15, -0.1) is 0 Å². The molecular formula is C20H33N3O3S. The summed E-state index contributed by atoms with van der Waals surface area (Å²) >= 11 is 0. The van der Waals surface area contributed by atoms with Gasteiger partial charge in [0.1, 0.15) is 0 Å². The van der Waals surface area contributed by atoms with Crippen molar-refractivity contribution in [2.24, 2.45) is 4.99 Å². The number of guanidine groups is 1. The highest BCUT2D eigenvalue weighted by molar-refractivity contribution is 7.85. The number of benzene rings is 1. The van der Waals surface area contributed by atoms with Gasteiger partial charge in [0.25, 0.3) is 0 Å². The van der Waals surface area contributed by atoms with Crippen molar-refractivity contribution < 1.29 is 13.7 Å². The SMILES string of the molecule is CCNC(=NCc1cccc(OC)c1OC)NC1CCCC(S(=O)CC)C1. The van der Waals surface area contributed by atoms with Gasteiger partial charge in [0.15, 0.2) is 17.5 Å². The number of nitrogens with zero attached hydrogens (tertiary/aromatic N) is 1. The van der Waals surface area contributed by atoms with E-state index in [1.165, 1.54) is 0 Å². The van der Waals surface area contributed by atoms with Crippen LogP contribution in [0, 0.1) is 0 Å². The van der Waals surface area contributed by atoms with E-state index in [1.807, 2.05) is 25.1 Å². The zero-order valence-electron chi connectivity index (χ0n) is 16.9. The molecule has 1 saturated carbocycles. The summed E-state index contributed by atoms with van der Waals surface area (Å²) in [5.74, 6) is 2.95. The Labute approximate surface area is 165 Å². The fourth-order valence-corrected chi connectivity index (χ4v) is 4.85. The molecule has 0 aromatic heterocycles. The van der Waals surface area contributed by atoms with Gasteiger partial charge in [0.2, 0.25) is 0 Å². The van der Waals surface area contributed by atoms with E-state index in [1.54, 1.807) is 14.2 Å². The summed E-state index contributed by atoms with van der Waals surface area (Å²) in [6.07, 6.45) is 4.20. The molecule has 0 amide bonds. The zero-order chi connectivity index (χ0) is 19.6. The fraction of sp³-hybridized carbons (Fsp3) is 0.650. The summed E-state index contributed by atoms with van der Waals surface area (Å²) in [7, 11) is 2.55. The molecule has 1 fully saturated rings. The van der Waals surface area contributed by atoms with Crippen LogP contribution < -0.4 is 20.1 Å². The fourth-order valence-electron chi connectivity index (χ4n) is 3.51. The second-order valence-electron chi connectivity index (χ2n) is 6.65. The lowest BCUT2D eigenvalue weighted by Crippen LogP contribution is -2.46. The molecule has 3 atom stereocenters. The van der Waals surface area contributed by atoms with Crippen molar-refractivity contribution in [3.63, 3.8) is 0 Å². The van der Waals surface area contributed by atoms with Crippen LogP contribution in [0.2, 0.25) is 0 Å². The van der Waals surface area contributed by atoms with Gasteiger partial charge in [-0.05, 0) is 32.3 Å². The van der Waals surface area contributed by atoms with Crippen LogP contribution in [0.25, 0.3) is 0 Å². The first kappa shape index (κ1) is 21.5. The van der Waals surface area contributed by atoms with E-state index in [0.29, 0.717) is 23.6 Å². The Hall–Kier alpha value is -1.76. The number of hydrogen-bond acceptors (Lipinski definition) is 4. The molecule has 1 aliphatic rings. The molecule has 0 aliphatic heterocycles. The summed E-state index contributed by atoms with van der Waals surface area (Å²) in [5, 5.41) is 7.14. The second-order valence-corrected chi connectivity index (χ2v) is 8.65. The lowest BCUT2D eigenvalue weighted by molar-refractivity contribution is 0.352. The molecule has 27 heavy (non-hydrogen) atoms. The summed E-state index contributed by atoms with van der Waals surface area (Å²) in [6, 6.07) is 6.13. The average Bonchev–Trinajstić information content (AvgIpc) is 2.71. The molecule has 0 saturated heterocycles. The van der Waals surface area contributed by atoms with Crippen LogP contribution in [0.5, 0.6) is 11.5 Å². The average molecular weight is 396 g/mol. The van der Waals surface area contributed by atoms with Crippen LogP contribution in [-0.2, 0) is 17.3 Å². The van der Waals surface area contributed by atoms with Gasteiger partial charge in [-0.2, -0.15) is 0 Å². The Kier molecular flexibility index (Phi) is 8.91. The van der Waals surface area contributed by atoms with Gasteiger partial charge < -0.3 is 20.1 Å². The number of para-hydroxylation sites is 1. The van der Waals surface area contributed by atoms with Crippen molar-refractivity contribution in [1.82, 2.24) is 10.6 Å². The van der Waals surface area contributed by atoms with Crippen molar-refractivity contribution >= 4 is 16.8 Å². The highest BCUT2D eigenvalue weighted by atomic mass is 32.2. The maximum Gasteiger partial charge on any atom is 0.191 e. The Morgan fingerprint density at radius 3 is 2.74 bits per heavy atom. The quantitative estimate of drug-likeness (QED) is 0.523. The van der Waals surface area contributed by atoms with E-state index in [9.17, 15) is 4.21 Å². The van der Waals surface area contributed by atoms with Gasteiger partial charge in [-0.25, -0.2) is 4.99 Å². The van der Waals surface area contributed by atoms with E-state index in [-0.39, 0.29) is 0 Å². The first-order valence-electron chi connectivity index (χ1n) is 9.74. The van der Waals surface area contributed by atoms with Crippen molar-refractivity contribution in [2.45, 2.75) is 57.4 Å². The predicted molar refractivity (Wildman–Crippen MR) is 112 cm³/mol. The van der Waals surface area contributed by atoms with Crippen molar-refractivity contribution in [3.05, 3.63) is 23.8 Å². The maximum atomic E-state index is 12.2. The summed E-state index contributed by atoms with van der Waals surface area (Å²) < 4.78 is 23.0. The lowest BCUT2D eigenvalue weighted by atomic mass is 9.95. The van der Waals surface area contributed by atoms with Crippen molar-refractivity contribution in [3.8, 4) is 11.5 Å². The lowest BCUT2D eigenvalue weighted by Gasteiger charge is -2.30. The summed E-state index contributed by atoms with van der Waals surface area (Å²) in [4.78, 5) is 4.73. The van der Waals surface area contributed by atoms with Crippen LogP contribution in [-0.4, -0.2) is 48.0 Å². The topological polar surface area (TPSA) is 72.0 Å². The molecule has 2 rings (SSSR count). The Morgan fingerprint density at radius 1 is 1.26 bits per heavy atom. The minimum absolute atomic E-state index is 0.294. The molecule has 7 heteroatoms. The predicted octanol–water partition coefficient (Wildman–Crippen LogP) is 2.84. The molecule has 1 aromatic carbocycles. The molecule has 2 N–H and O–H groups in total. The molecular weight excluding hydrogens is 362 g/mol. The standard InChI is InChI=1S/C20H33N3O3S/c1-5-21-20(23-16-10-8-11-17(13-16)27(24)6-2)22-14-15-9-7-12-18(25-3)19(15)26-4/h7,9,12,16-17H,5-6,8,10-11,13-14H2,1-4H3,(H2,21,22,23). The molecule has 0 radical (unpaired) electrons. The smallest absolute Gasteiger partial charge is 0.191 e. The van der Waals surface area contributed by atoms with Crippen LogP contribution in [0.15, 0.2) is 23.2 Å². The molecule has 1 aliphatic carbocycles. The van der Waals surface area contributed by atoms with Gasteiger partial charge >= 0.3 is 0 Å². The minimum Gasteiger partial charge on any atom is -0.493 e. The van der Waals surface area contributed by atoms with Gasteiger partial charge in [-0.3, -0.25) is 4.21 Å². The number of methoxy groups -OCH3 is 2. The number of rotatable bonds is 8. The Balaban J connectivity index is 2.07. The van der Waals surface area contributed by atoms with Gasteiger partial charge in [0.05, 0.1) is 20.8 Å². The number of ether oxygens (including phenoxy) is 2. The second kappa shape index (κ2) is 11.2. The van der Waals surface area contributed by atoms with Gasteiger partial charge in [-0.1, -0.05) is 25.5 Å². The largest absolute Gasteiger partial charge is 0.493 e. The number of hydrogen-bond donors (Lipinski definition) is 2. The third-order valence-electron chi connectivity index (χ3n) is 4.86.